The fraction of sp³-hybridized carbons (Fsp3) is 0.882. The molecule has 0 aromatic rings. The van der Waals surface area contributed by atoms with Crippen molar-refractivity contribution in [2.75, 3.05) is 13.2 Å². The van der Waals surface area contributed by atoms with Crippen LogP contribution in [0.2, 0.25) is 0 Å². The summed E-state index contributed by atoms with van der Waals surface area (Å²) in [6.45, 7) is 4.38. The molecule has 4 nitrogen and oxygen atoms in total. The molecule has 0 aliphatic heterocycles. The third-order valence-corrected chi connectivity index (χ3v) is 4.59. The molecule has 0 heterocycles. The van der Waals surface area contributed by atoms with Gasteiger partial charge in [-0.1, -0.05) is 46.0 Å². The van der Waals surface area contributed by atoms with Gasteiger partial charge in [-0.3, -0.25) is 4.79 Å². The number of hydrogen-bond acceptors (Lipinski definition) is 3. The van der Waals surface area contributed by atoms with Gasteiger partial charge in [0.25, 0.3) is 0 Å². The monoisotopic (exact) mass is 294 g/mol. The van der Waals surface area contributed by atoms with Crippen molar-refractivity contribution in [3.63, 3.8) is 0 Å². The zero-order chi connectivity index (χ0) is 15.7. The van der Waals surface area contributed by atoms with Crippen molar-refractivity contribution >= 4 is 5.91 Å². The SMILES string of the molecule is CCCC(C#N)(CCC)C(=O)N(CCO)C1CCCCC1. The highest BCUT2D eigenvalue weighted by Crippen LogP contribution is 2.34. The molecule has 1 saturated carbocycles. The van der Waals surface area contributed by atoms with Gasteiger partial charge in [-0.25, -0.2) is 0 Å². The maximum Gasteiger partial charge on any atom is 0.243 e. The van der Waals surface area contributed by atoms with Gasteiger partial charge in [0.15, 0.2) is 0 Å². The average Bonchev–Trinajstić information content (AvgIpc) is 2.52. The minimum Gasteiger partial charge on any atom is -0.395 e. The first kappa shape index (κ1) is 18.0. The molecular weight excluding hydrogens is 264 g/mol. The van der Waals surface area contributed by atoms with Crippen LogP contribution in [0.1, 0.15) is 71.6 Å². The molecule has 0 aromatic carbocycles. The fourth-order valence-corrected chi connectivity index (χ4v) is 3.58. The number of nitriles is 1. The van der Waals surface area contributed by atoms with Crippen molar-refractivity contribution in [3.05, 3.63) is 0 Å². The van der Waals surface area contributed by atoms with Gasteiger partial charge in [0.2, 0.25) is 5.91 Å². The topological polar surface area (TPSA) is 64.3 Å². The summed E-state index contributed by atoms with van der Waals surface area (Å²) >= 11 is 0. The molecule has 0 unspecified atom stereocenters. The van der Waals surface area contributed by atoms with Crippen molar-refractivity contribution in [1.82, 2.24) is 4.90 Å². The van der Waals surface area contributed by atoms with Crippen LogP contribution < -0.4 is 0 Å². The van der Waals surface area contributed by atoms with E-state index in [1.807, 2.05) is 18.7 Å². The van der Waals surface area contributed by atoms with E-state index < -0.39 is 5.41 Å². The Balaban J connectivity index is 2.96. The van der Waals surface area contributed by atoms with E-state index in [1.54, 1.807) is 0 Å². The molecule has 21 heavy (non-hydrogen) atoms. The van der Waals surface area contributed by atoms with Crippen LogP contribution >= 0.6 is 0 Å². The summed E-state index contributed by atoms with van der Waals surface area (Å²) < 4.78 is 0. The molecule has 0 atom stereocenters. The van der Waals surface area contributed by atoms with Gasteiger partial charge >= 0.3 is 0 Å². The van der Waals surface area contributed by atoms with E-state index in [0.29, 0.717) is 19.4 Å². The third kappa shape index (κ3) is 4.44. The van der Waals surface area contributed by atoms with Crippen LogP contribution in [0.3, 0.4) is 0 Å². The molecule has 1 amide bonds. The highest BCUT2D eigenvalue weighted by atomic mass is 16.3. The van der Waals surface area contributed by atoms with Gasteiger partial charge < -0.3 is 10.0 Å². The Kier molecular flexibility index (Phi) is 7.74. The van der Waals surface area contributed by atoms with Crippen molar-refractivity contribution < 1.29 is 9.90 Å². The lowest BCUT2D eigenvalue weighted by Crippen LogP contribution is -2.50. The molecule has 1 rings (SSSR count). The second kappa shape index (κ2) is 9.04. The molecule has 0 spiro atoms. The summed E-state index contributed by atoms with van der Waals surface area (Å²) in [6, 6.07) is 2.53. The number of carbonyl (C=O) groups is 1. The standard InChI is InChI=1S/C17H30N2O2/c1-3-10-17(14-18,11-4-2)16(21)19(12-13-20)15-8-6-5-7-9-15/h15,20H,3-13H2,1-2H3. The molecule has 4 heteroatoms. The molecule has 0 bridgehead atoms. The second-order valence-corrected chi connectivity index (χ2v) is 6.21. The summed E-state index contributed by atoms with van der Waals surface area (Å²) in [5.74, 6) is -0.0466. The van der Waals surface area contributed by atoms with E-state index in [2.05, 4.69) is 6.07 Å². The van der Waals surface area contributed by atoms with E-state index in [4.69, 9.17) is 0 Å². The van der Waals surface area contributed by atoms with Gasteiger partial charge in [-0.15, -0.1) is 0 Å². The lowest BCUT2D eigenvalue weighted by atomic mass is 9.78. The largest absolute Gasteiger partial charge is 0.395 e. The van der Waals surface area contributed by atoms with Gasteiger partial charge in [0.05, 0.1) is 12.7 Å². The van der Waals surface area contributed by atoms with Gasteiger partial charge in [0, 0.05) is 12.6 Å². The maximum atomic E-state index is 13.1. The predicted molar refractivity (Wildman–Crippen MR) is 83.5 cm³/mol. The number of hydrogen-bond donors (Lipinski definition) is 1. The highest BCUT2D eigenvalue weighted by Gasteiger charge is 2.42. The Morgan fingerprint density at radius 1 is 1.24 bits per heavy atom. The zero-order valence-electron chi connectivity index (χ0n) is 13.6. The Hall–Kier alpha value is -1.08. The second-order valence-electron chi connectivity index (χ2n) is 6.21. The van der Waals surface area contributed by atoms with Crippen LogP contribution in [0.5, 0.6) is 0 Å². The summed E-state index contributed by atoms with van der Waals surface area (Å²) in [7, 11) is 0. The average molecular weight is 294 g/mol. The Morgan fingerprint density at radius 3 is 2.24 bits per heavy atom. The zero-order valence-corrected chi connectivity index (χ0v) is 13.6. The smallest absolute Gasteiger partial charge is 0.243 e. The first-order valence-electron chi connectivity index (χ1n) is 8.48. The molecule has 0 radical (unpaired) electrons. The van der Waals surface area contributed by atoms with Gasteiger partial charge in [0.1, 0.15) is 5.41 Å². The summed E-state index contributed by atoms with van der Waals surface area (Å²) in [6.07, 6.45) is 8.41. The number of amides is 1. The van der Waals surface area contributed by atoms with E-state index >= 15 is 0 Å². The fourth-order valence-electron chi connectivity index (χ4n) is 3.58. The first-order valence-corrected chi connectivity index (χ1v) is 8.48. The lowest BCUT2D eigenvalue weighted by molar-refractivity contribution is -0.143. The summed E-state index contributed by atoms with van der Waals surface area (Å²) in [5, 5.41) is 19.0. The lowest BCUT2D eigenvalue weighted by Gasteiger charge is -2.39. The molecule has 120 valence electrons. The summed E-state index contributed by atoms with van der Waals surface area (Å²) in [4.78, 5) is 14.9. The minimum atomic E-state index is -0.893. The van der Waals surface area contributed by atoms with Crippen LogP contribution in [0.4, 0.5) is 0 Å². The van der Waals surface area contributed by atoms with Gasteiger partial charge in [-0.2, -0.15) is 5.26 Å². The normalized spacial score (nSPS) is 16.5. The van der Waals surface area contributed by atoms with Crippen molar-refractivity contribution in [3.8, 4) is 6.07 Å². The minimum absolute atomic E-state index is 0.0258. The quantitative estimate of drug-likeness (QED) is 0.747. The van der Waals surface area contributed by atoms with E-state index in [1.165, 1.54) is 6.42 Å². The molecule has 1 aliphatic rings. The van der Waals surface area contributed by atoms with Gasteiger partial charge in [-0.05, 0) is 25.7 Å². The molecular formula is C17H30N2O2. The molecule has 0 saturated heterocycles. The molecule has 0 aromatic heterocycles. The number of aliphatic hydroxyl groups excluding tert-OH is 1. The van der Waals surface area contributed by atoms with Crippen molar-refractivity contribution in [1.29, 1.82) is 5.26 Å². The third-order valence-electron chi connectivity index (χ3n) is 4.59. The van der Waals surface area contributed by atoms with E-state index in [9.17, 15) is 15.2 Å². The Bertz CT molecular complexity index is 350. The molecule has 1 N–H and O–H groups in total. The van der Waals surface area contributed by atoms with Crippen LogP contribution in [-0.4, -0.2) is 35.1 Å². The van der Waals surface area contributed by atoms with Crippen LogP contribution in [-0.2, 0) is 4.79 Å². The first-order chi connectivity index (χ1) is 10.1. The number of aliphatic hydroxyl groups is 1. The van der Waals surface area contributed by atoms with Crippen molar-refractivity contribution in [2.45, 2.75) is 77.7 Å². The maximum absolute atomic E-state index is 13.1. The Morgan fingerprint density at radius 2 is 1.81 bits per heavy atom. The molecule has 1 fully saturated rings. The number of carbonyl (C=O) groups excluding carboxylic acids is 1. The van der Waals surface area contributed by atoms with Crippen LogP contribution in [0.15, 0.2) is 0 Å². The van der Waals surface area contributed by atoms with E-state index in [0.717, 1.165) is 38.5 Å². The number of rotatable bonds is 8. The molecule has 1 aliphatic carbocycles. The van der Waals surface area contributed by atoms with Crippen LogP contribution in [0.25, 0.3) is 0 Å². The van der Waals surface area contributed by atoms with E-state index in [-0.39, 0.29) is 18.6 Å². The summed E-state index contributed by atoms with van der Waals surface area (Å²) in [5.41, 5.74) is -0.893. The van der Waals surface area contributed by atoms with Crippen LogP contribution in [0, 0.1) is 16.7 Å². The predicted octanol–water partition coefficient (Wildman–Crippen LogP) is 3.25. The number of nitrogens with zero attached hydrogens (tertiary/aromatic N) is 2. The highest BCUT2D eigenvalue weighted by molar-refractivity contribution is 5.85. The van der Waals surface area contributed by atoms with Crippen molar-refractivity contribution in [2.24, 2.45) is 5.41 Å². The Labute approximate surface area is 129 Å².